The lowest BCUT2D eigenvalue weighted by atomic mass is 10.1. The summed E-state index contributed by atoms with van der Waals surface area (Å²) in [7, 11) is 0. The molecule has 0 saturated carbocycles. The van der Waals surface area contributed by atoms with Crippen molar-refractivity contribution in [2.24, 2.45) is 0 Å². The lowest BCUT2D eigenvalue weighted by molar-refractivity contribution is -0.137. The third-order valence-electron chi connectivity index (χ3n) is 3.58. The highest BCUT2D eigenvalue weighted by Gasteiger charge is 2.31. The summed E-state index contributed by atoms with van der Waals surface area (Å²) in [6.07, 6.45) is -1.36. The maximum absolute atomic E-state index is 12.9. The number of aromatic nitrogens is 2. The van der Waals surface area contributed by atoms with Gasteiger partial charge in [0.25, 0.3) is 0 Å². The van der Waals surface area contributed by atoms with Crippen LogP contribution in [0.4, 0.5) is 19.0 Å². The molecule has 3 rings (SSSR count). The Morgan fingerprint density at radius 2 is 2.17 bits per heavy atom. The molecule has 0 N–H and O–H groups in total. The van der Waals surface area contributed by atoms with Crippen LogP contribution < -0.4 is 4.90 Å². The van der Waals surface area contributed by atoms with E-state index in [-0.39, 0.29) is 0 Å². The van der Waals surface area contributed by atoms with E-state index in [4.69, 9.17) is 0 Å². The molecule has 0 bridgehead atoms. The van der Waals surface area contributed by atoms with Gasteiger partial charge < -0.3 is 4.90 Å². The van der Waals surface area contributed by atoms with Crippen molar-refractivity contribution in [1.29, 1.82) is 5.26 Å². The molecule has 1 aliphatic heterocycles. The van der Waals surface area contributed by atoms with Crippen molar-refractivity contribution in [3.05, 3.63) is 53.2 Å². The van der Waals surface area contributed by atoms with E-state index in [2.05, 4.69) is 5.10 Å². The van der Waals surface area contributed by atoms with Crippen molar-refractivity contribution in [1.82, 2.24) is 9.78 Å². The maximum atomic E-state index is 12.9. The lowest BCUT2D eigenvalue weighted by Crippen LogP contribution is -2.29. The van der Waals surface area contributed by atoms with E-state index in [9.17, 15) is 21.5 Å². The molecule has 0 amide bonds. The Hall–Kier alpha value is -2.22. The van der Waals surface area contributed by atoms with E-state index >= 15 is 0 Å². The number of rotatable bonds is 3. The molecule has 0 fully saturated rings. The molecule has 1 aromatic carbocycles. The second kappa shape index (κ2) is 6.35. The summed E-state index contributed by atoms with van der Waals surface area (Å²) in [5.74, 6) is 0.461. The molecule has 0 aliphatic carbocycles. The van der Waals surface area contributed by atoms with Gasteiger partial charge in [-0.15, -0.1) is 0 Å². The summed E-state index contributed by atoms with van der Waals surface area (Å²) in [6, 6.07) is 6.97. The van der Waals surface area contributed by atoms with Crippen LogP contribution >= 0.6 is 21.2 Å². The van der Waals surface area contributed by atoms with Crippen LogP contribution in [0.25, 0.3) is 5.70 Å². The fourth-order valence-corrected chi connectivity index (χ4v) is 3.47. The Labute approximate surface area is 145 Å². The highest BCUT2D eigenvalue weighted by molar-refractivity contribution is 14.1. The molecule has 5 nitrogen and oxygen atoms in total. The van der Waals surface area contributed by atoms with Gasteiger partial charge in [-0.25, -0.2) is 4.68 Å². The number of fused-ring (bicyclic) bond motifs is 1. The SMILES string of the molecule is N#Cc1cnn2c1N(CI=O)CC=C2c1cccc(C(F)(F)F)c1. The van der Waals surface area contributed by atoms with E-state index in [1.54, 1.807) is 17.0 Å². The summed E-state index contributed by atoms with van der Waals surface area (Å²) >= 11 is -1.29. The van der Waals surface area contributed by atoms with Crippen molar-refractivity contribution >= 4 is 32.7 Å². The fraction of sp³-hybridized carbons (Fsp3) is 0.200. The molecule has 0 spiro atoms. The van der Waals surface area contributed by atoms with Crippen LogP contribution in [0.5, 0.6) is 0 Å². The Morgan fingerprint density at radius 1 is 1.38 bits per heavy atom. The van der Waals surface area contributed by atoms with E-state index in [1.807, 2.05) is 6.07 Å². The molecular formula is C15H10F3IN4O. The van der Waals surface area contributed by atoms with Gasteiger partial charge in [-0.2, -0.15) is 23.5 Å². The predicted molar refractivity (Wildman–Crippen MR) is 88.7 cm³/mol. The molecule has 124 valence electrons. The number of anilines is 1. The van der Waals surface area contributed by atoms with Gasteiger partial charge in [0.15, 0.2) is 27.0 Å². The topological polar surface area (TPSA) is 61.9 Å². The fourth-order valence-electron chi connectivity index (χ4n) is 2.53. The minimum Gasteiger partial charge on any atom is -0.340 e. The molecule has 0 atom stereocenters. The van der Waals surface area contributed by atoms with E-state index in [0.29, 0.717) is 33.7 Å². The minimum atomic E-state index is -4.44. The molecule has 24 heavy (non-hydrogen) atoms. The molecule has 0 saturated heterocycles. The van der Waals surface area contributed by atoms with Gasteiger partial charge in [-0.1, -0.05) is 12.1 Å². The average molecular weight is 446 g/mol. The first-order valence-corrected chi connectivity index (χ1v) is 9.19. The van der Waals surface area contributed by atoms with E-state index in [0.717, 1.165) is 12.1 Å². The van der Waals surface area contributed by atoms with Crippen LogP contribution in [-0.4, -0.2) is 20.9 Å². The standard InChI is InChI=1S/C15H10F3IN4O/c16-15(17,18)12-3-1-2-10(6-12)13-4-5-22(9-19-24)14-11(7-20)8-21-23(13)14/h1-4,6,8H,5,9H2. The highest BCUT2D eigenvalue weighted by Crippen LogP contribution is 2.34. The van der Waals surface area contributed by atoms with Gasteiger partial charge in [0.05, 0.1) is 17.5 Å². The van der Waals surface area contributed by atoms with Crippen LogP contribution in [-0.2, 0) is 9.25 Å². The first-order chi connectivity index (χ1) is 11.5. The summed E-state index contributed by atoms with van der Waals surface area (Å²) in [4.78, 5) is 1.74. The Morgan fingerprint density at radius 3 is 2.83 bits per heavy atom. The van der Waals surface area contributed by atoms with Gasteiger partial charge in [0, 0.05) is 12.1 Å². The van der Waals surface area contributed by atoms with Crippen LogP contribution in [0.3, 0.4) is 0 Å². The van der Waals surface area contributed by atoms with Gasteiger partial charge in [-0.3, -0.25) is 3.07 Å². The van der Waals surface area contributed by atoms with Crippen LogP contribution in [0, 0.1) is 11.3 Å². The average Bonchev–Trinajstić information content (AvgIpc) is 2.99. The van der Waals surface area contributed by atoms with Gasteiger partial charge >= 0.3 is 6.18 Å². The Bertz CT molecular complexity index is 866. The molecule has 0 radical (unpaired) electrons. The van der Waals surface area contributed by atoms with Crippen molar-refractivity contribution in [2.45, 2.75) is 6.18 Å². The third-order valence-corrected chi connectivity index (χ3v) is 4.68. The van der Waals surface area contributed by atoms with Crippen molar-refractivity contribution in [3.63, 3.8) is 0 Å². The number of hydrogen-bond acceptors (Lipinski definition) is 4. The Kier molecular flexibility index (Phi) is 4.40. The second-order valence-corrected chi connectivity index (χ2v) is 6.33. The number of alkyl halides is 4. The number of nitrogens with zero attached hydrogens (tertiary/aromatic N) is 4. The van der Waals surface area contributed by atoms with Crippen molar-refractivity contribution in [2.75, 3.05) is 16.0 Å². The van der Waals surface area contributed by atoms with Gasteiger partial charge in [0.1, 0.15) is 16.2 Å². The van der Waals surface area contributed by atoms with Gasteiger partial charge in [-0.05, 0) is 18.2 Å². The van der Waals surface area contributed by atoms with Gasteiger partial charge in [0.2, 0.25) is 0 Å². The lowest BCUT2D eigenvalue weighted by Gasteiger charge is -2.27. The number of benzene rings is 1. The van der Waals surface area contributed by atoms with Crippen LogP contribution in [0.1, 0.15) is 16.7 Å². The molecule has 1 aliphatic rings. The number of hydrogen-bond donors (Lipinski definition) is 0. The zero-order chi connectivity index (χ0) is 17.3. The monoisotopic (exact) mass is 446 g/mol. The predicted octanol–water partition coefficient (Wildman–Crippen LogP) is 3.76. The zero-order valence-electron chi connectivity index (χ0n) is 12.1. The summed E-state index contributed by atoms with van der Waals surface area (Å²) in [5.41, 5.74) is 0.376. The quantitative estimate of drug-likeness (QED) is 0.410. The van der Waals surface area contributed by atoms with Crippen LogP contribution in [0.2, 0.25) is 0 Å². The number of halogens is 4. The molecule has 9 heteroatoms. The number of nitriles is 1. The van der Waals surface area contributed by atoms with Crippen molar-refractivity contribution < 1.29 is 16.2 Å². The molecule has 2 heterocycles. The molecule has 1 aromatic heterocycles. The maximum Gasteiger partial charge on any atom is 0.416 e. The summed E-state index contributed by atoms with van der Waals surface area (Å²) in [5, 5.41) is 13.3. The van der Waals surface area contributed by atoms with E-state index < -0.39 is 32.9 Å². The zero-order valence-corrected chi connectivity index (χ0v) is 14.2. The highest BCUT2D eigenvalue weighted by atomic mass is 127. The molecule has 2 aromatic rings. The normalized spacial score (nSPS) is 14.1. The molecular weight excluding hydrogens is 436 g/mol. The van der Waals surface area contributed by atoms with E-state index in [1.165, 1.54) is 16.9 Å². The Balaban J connectivity index is 2.10. The van der Waals surface area contributed by atoms with Crippen molar-refractivity contribution in [3.8, 4) is 6.07 Å². The largest absolute Gasteiger partial charge is 0.416 e. The summed E-state index contributed by atoms with van der Waals surface area (Å²) in [6.45, 7) is 0.355. The first-order valence-electron chi connectivity index (χ1n) is 6.78. The second-order valence-electron chi connectivity index (χ2n) is 5.02. The summed E-state index contributed by atoms with van der Waals surface area (Å²) < 4.78 is 51.6. The van der Waals surface area contributed by atoms with Crippen LogP contribution in [0.15, 0.2) is 36.5 Å². The smallest absolute Gasteiger partial charge is 0.340 e. The molecule has 0 unspecified atom stereocenters. The third kappa shape index (κ3) is 2.93. The minimum absolute atomic E-state index is 0.296. The first kappa shape index (κ1) is 16.6.